The van der Waals surface area contributed by atoms with Crippen molar-refractivity contribution in [2.45, 2.75) is 72.3 Å². The van der Waals surface area contributed by atoms with Crippen LogP contribution in [-0.4, -0.2) is 59.5 Å². The zero-order valence-corrected chi connectivity index (χ0v) is 24.7. The number of fused-ring (bicyclic) bond motifs is 1. The second kappa shape index (κ2) is 11.7. The molecule has 2 aromatic heterocycles. The Bertz CT molecular complexity index is 1460. The van der Waals surface area contributed by atoms with Crippen molar-refractivity contribution in [1.29, 1.82) is 0 Å². The number of morpholine rings is 1. The zero-order chi connectivity index (χ0) is 28.5. The van der Waals surface area contributed by atoms with Crippen LogP contribution in [0, 0.1) is 6.92 Å². The fraction of sp³-hybridized carbons (Fsp3) is 0.552. The van der Waals surface area contributed by atoms with E-state index in [1.165, 1.54) is 11.3 Å². The normalized spacial score (nSPS) is 15.2. The lowest BCUT2D eigenvalue weighted by Crippen LogP contribution is -2.58. The lowest BCUT2D eigenvalue weighted by atomic mass is 10.0. The minimum absolute atomic E-state index is 0.132. The number of para-hydroxylation sites is 1. The second-order valence-corrected chi connectivity index (χ2v) is 11.7. The number of carbonyl (C=O) groups excluding carboxylic acids is 1. The van der Waals surface area contributed by atoms with E-state index in [4.69, 9.17) is 14.2 Å². The van der Waals surface area contributed by atoms with Crippen molar-refractivity contribution in [2.24, 2.45) is 0 Å². The molecular weight excluding hydrogens is 518 g/mol. The summed E-state index contributed by atoms with van der Waals surface area (Å²) in [4.78, 5) is 45.3. The van der Waals surface area contributed by atoms with Crippen LogP contribution in [0.25, 0.3) is 10.2 Å². The van der Waals surface area contributed by atoms with Crippen LogP contribution < -0.4 is 16.0 Å². The van der Waals surface area contributed by atoms with Gasteiger partial charge in [0.15, 0.2) is 0 Å². The molecular formula is C29H39N3O6S. The van der Waals surface area contributed by atoms with Crippen LogP contribution in [-0.2, 0) is 32.8 Å². The maximum atomic E-state index is 14.3. The van der Waals surface area contributed by atoms with Crippen molar-refractivity contribution in [2.75, 3.05) is 33.4 Å². The van der Waals surface area contributed by atoms with E-state index in [9.17, 15) is 14.4 Å². The quantitative estimate of drug-likeness (QED) is 0.397. The number of amides is 1. The third-order valence-electron chi connectivity index (χ3n) is 7.28. The van der Waals surface area contributed by atoms with E-state index in [2.05, 4.69) is 0 Å². The Morgan fingerprint density at radius 1 is 1.15 bits per heavy atom. The van der Waals surface area contributed by atoms with Gasteiger partial charge in [-0.15, -0.1) is 11.3 Å². The van der Waals surface area contributed by atoms with Gasteiger partial charge in [-0.25, -0.2) is 9.36 Å². The molecule has 10 heteroatoms. The Morgan fingerprint density at radius 2 is 1.82 bits per heavy atom. The Hall–Kier alpha value is -2.95. The molecule has 4 rings (SSSR count). The van der Waals surface area contributed by atoms with Gasteiger partial charge in [0, 0.05) is 23.5 Å². The molecule has 0 saturated carbocycles. The smallest absolute Gasteiger partial charge is 0.333 e. The summed E-state index contributed by atoms with van der Waals surface area (Å²) in [5.41, 5.74) is -0.723. The maximum Gasteiger partial charge on any atom is 0.333 e. The van der Waals surface area contributed by atoms with E-state index in [0.29, 0.717) is 42.3 Å². The highest BCUT2D eigenvalue weighted by Gasteiger charge is 2.39. The molecule has 0 N–H and O–H groups in total. The number of hydrogen-bond acceptors (Lipinski definition) is 7. The highest BCUT2D eigenvalue weighted by Crippen LogP contribution is 2.33. The number of hydrogen-bond donors (Lipinski definition) is 0. The topological polar surface area (TPSA) is 92.0 Å². The fourth-order valence-electron chi connectivity index (χ4n) is 5.27. The molecule has 1 aromatic carbocycles. The third kappa shape index (κ3) is 5.42. The minimum Gasteiger partial charge on any atom is -0.496 e. The van der Waals surface area contributed by atoms with Gasteiger partial charge in [0.25, 0.3) is 5.56 Å². The number of methoxy groups -OCH3 is 1. The Morgan fingerprint density at radius 3 is 2.44 bits per heavy atom. The van der Waals surface area contributed by atoms with Gasteiger partial charge in [0.2, 0.25) is 5.91 Å². The standard InChI is InChI=1S/C29H39N3O6S/c1-8-23-19(4)24-25(33)32(29(5,6)27(34)30-13-15-37-16-14-30)28(35)31(26(24)39-23)17-22(38-18(2)3)20-11-9-10-12-21(20)36-7/h9-12,18,22H,8,13-17H2,1-7H3/t22-/m0/s1. The van der Waals surface area contributed by atoms with Crippen molar-refractivity contribution in [3.63, 3.8) is 0 Å². The maximum absolute atomic E-state index is 14.3. The minimum atomic E-state index is -1.40. The van der Waals surface area contributed by atoms with Crippen LogP contribution in [0.3, 0.4) is 0 Å². The number of aromatic nitrogens is 2. The van der Waals surface area contributed by atoms with Crippen molar-refractivity contribution < 1.29 is 19.0 Å². The van der Waals surface area contributed by atoms with Crippen LogP contribution in [0.5, 0.6) is 5.75 Å². The first-order valence-electron chi connectivity index (χ1n) is 13.5. The van der Waals surface area contributed by atoms with Crippen molar-refractivity contribution in [3.05, 3.63) is 61.1 Å². The fourth-order valence-corrected chi connectivity index (χ4v) is 6.51. The molecule has 0 bridgehead atoms. The highest BCUT2D eigenvalue weighted by molar-refractivity contribution is 7.18. The molecule has 1 aliphatic heterocycles. The highest BCUT2D eigenvalue weighted by atomic mass is 32.1. The molecule has 0 spiro atoms. The molecule has 39 heavy (non-hydrogen) atoms. The Balaban J connectivity index is 1.96. The number of aryl methyl sites for hydroxylation is 2. The predicted octanol–water partition coefficient (Wildman–Crippen LogP) is 3.86. The molecule has 1 amide bonds. The van der Waals surface area contributed by atoms with Crippen LogP contribution >= 0.6 is 11.3 Å². The lowest BCUT2D eigenvalue weighted by molar-refractivity contribution is -0.143. The molecule has 1 fully saturated rings. The van der Waals surface area contributed by atoms with E-state index in [1.54, 1.807) is 30.4 Å². The molecule has 3 aromatic rings. The van der Waals surface area contributed by atoms with Crippen molar-refractivity contribution >= 4 is 27.5 Å². The summed E-state index contributed by atoms with van der Waals surface area (Å²) in [6.07, 6.45) is 0.0685. The number of rotatable bonds is 9. The molecule has 3 heterocycles. The first-order valence-corrected chi connectivity index (χ1v) is 14.3. The van der Waals surface area contributed by atoms with E-state index < -0.39 is 22.9 Å². The molecule has 9 nitrogen and oxygen atoms in total. The largest absolute Gasteiger partial charge is 0.496 e. The van der Waals surface area contributed by atoms with Gasteiger partial charge in [0.05, 0.1) is 38.4 Å². The summed E-state index contributed by atoms with van der Waals surface area (Å²) in [6.45, 7) is 13.0. The van der Waals surface area contributed by atoms with Crippen LogP contribution in [0.4, 0.5) is 0 Å². The average molecular weight is 558 g/mol. The molecule has 212 valence electrons. The van der Waals surface area contributed by atoms with Crippen molar-refractivity contribution in [1.82, 2.24) is 14.0 Å². The van der Waals surface area contributed by atoms with Gasteiger partial charge in [-0.2, -0.15) is 0 Å². The van der Waals surface area contributed by atoms with E-state index >= 15 is 0 Å². The van der Waals surface area contributed by atoms with E-state index in [1.807, 2.05) is 52.0 Å². The van der Waals surface area contributed by atoms with Crippen molar-refractivity contribution in [3.8, 4) is 5.75 Å². The Labute approximate surface area is 232 Å². The number of nitrogens with zero attached hydrogens (tertiary/aromatic N) is 3. The van der Waals surface area contributed by atoms with Gasteiger partial charge >= 0.3 is 5.69 Å². The monoisotopic (exact) mass is 557 g/mol. The van der Waals surface area contributed by atoms with Gasteiger partial charge in [-0.3, -0.25) is 14.2 Å². The second-order valence-electron chi connectivity index (χ2n) is 10.6. The Kier molecular flexibility index (Phi) is 8.68. The SMILES string of the molecule is CCc1sc2c(c1C)c(=O)n(C(C)(C)C(=O)N1CCOCC1)c(=O)n2C[C@H](OC(C)C)c1ccccc1OC. The van der Waals surface area contributed by atoms with Crippen LogP contribution in [0.15, 0.2) is 33.9 Å². The molecule has 0 radical (unpaired) electrons. The van der Waals surface area contributed by atoms with Gasteiger partial charge in [-0.1, -0.05) is 25.1 Å². The summed E-state index contributed by atoms with van der Waals surface area (Å²) in [7, 11) is 1.60. The predicted molar refractivity (Wildman–Crippen MR) is 153 cm³/mol. The van der Waals surface area contributed by atoms with Gasteiger partial charge in [-0.05, 0) is 52.7 Å². The van der Waals surface area contributed by atoms with Gasteiger partial charge in [0.1, 0.15) is 22.2 Å². The lowest BCUT2D eigenvalue weighted by Gasteiger charge is -2.35. The number of carbonyl (C=O) groups is 1. The molecule has 0 unspecified atom stereocenters. The van der Waals surface area contributed by atoms with Crippen LogP contribution in [0.1, 0.15) is 56.7 Å². The number of ether oxygens (including phenoxy) is 3. The summed E-state index contributed by atoms with van der Waals surface area (Å²) in [6, 6.07) is 7.57. The first kappa shape index (κ1) is 29.0. The molecule has 1 atom stereocenters. The molecule has 1 saturated heterocycles. The van der Waals surface area contributed by atoms with Gasteiger partial charge < -0.3 is 19.1 Å². The zero-order valence-electron chi connectivity index (χ0n) is 23.9. The summed E-state index contributed by atoms with van der Waals surface area (Å²) < 4.78 is 20.1. The summed E-state index contributed by atoms with van der Waals surface area (Å²) in [5, 5.41) is 0.475. The molecule has 1 aliphatic rings. The third-order valence-corrected chi connectivity index (χ3v) is 8.74. The summed E-state index contributed by atoms with van der Waals surface area (Å²) in [5.74, 6) is 0.374. The van der Waals surface area contributed by atoms with E-state index in [0.717, 1.165) is 27.0 Å². The molecule has 0 aliphatic carbocycles. The van der Waals surface area contributed by atoms with E-state index in [-0.39, 0.29) is 18.6 Å². The number of benzene rings is 1. The average Bonchev–Trinajstić information content (AvgIpc) is 3.26. The number of thiophene rings is 1. The summed E-state index contributed by atoms with van der Waals surface area (Å²) >= 11 is 1.45. The van der Waals surface area contributed by atoms with Crippen LogP contribution in [0.2, 0.25) is 0 Å². The first-order chi connectivity index (χ1) is 18.5.